The number of methoxy groups -OCH3 is 1. The number of benzene rings is 2. The molecule has 4 heteroatoms. The van der Waals surface area contributed by atoms with Crippen LogP contribution < -0.4 is 5.32 Å². The largest absolute Gasteiger partial charge is 0.380 e. The predicted molar refractivity (Wildman–Crippen MR) is 75.9 cm³/mol. The second-order valence-corrected chi connectivity index (χ2v) is 4.62. The van der Waals surface area contributed by atoms with E-state index in [-0.39, 0.29) is 5.82 Å². The second kappa shape index (κ2) is 6.55. The fourth-order valence-electron chi connectivity index (χ4n) is 1.85. The van der Waals surface area contributed by atoms with E-state index < -0.39 is 0 Å². The molecule has 100 valence electrons. The Kier molecular flexibility index (Phi) is 4.77. The summed E-state index contributed by atoms with van der Waals surface area (Å²) in [7, 11) is 1.65. The standard InChI is InChI=1S/C15H15ClFNO/c1-19-10-12-5-3-2-4-11(12)9-18-15-8-13(16)6-7-14(15)17/h2-8,18H,9-10H2,1H3. The number of rotatable bonds is 5. The topological polar surface area (TPSA) is 21.3 Å². The van der Waals surface area contributed by atoms with Crippen molar-refractivity contribution in [3.63, 3.8) is 0 Å². The molecule has 2 nitrogen and oxygen atoms in total. The summed E-state index contributed by atoms with van der Waals surface area (Å²) in [6, 6.07) is 12.4. The first kappa shape index (κ1) is 13.8. The van der Waals surface area contributed by atoms with Gasteiger partial charge in [0.2, 0.25) is 0 Å². The van der Waals surface area contributed by atoms with Gasteiger partial charge in [-0.3, -0.25) is 0 Å². The van der Waals surface area contributed by atoms with Crippen molar-refractivity contribution in [2.75, 3.05) is 12.4 Å². The zero-order chi connectivity index (χ0) is 13.7. The third-order valence-electron chi connectivity index (χ3n) is 2.82. The number of hydrogen-bond acceptors (Lipinski definition) is 2. The van der Waals surface area contributed by atoms with E-state index in [1.54, 1.807) is 13.2 Å². The van der Waals surface area contributed by atoms with Crippen LogP contribution in [0.25, 0.3) is 0 Å². The zero-order valence-corrected chi connectivity index (χ0v) is 11.4. The van der Waals surface area contributed by atoms with Crippen LogP contribution in [0.15, 0.2) is 42.5 Å². The Hall–Kier alpha value is -1.58. The Bertz CT molecular complexity index is 560. The summed E-state index contributed by atoms with van der Waals surface area (Å²) in [4.78, 5) is 0. The maximum atomic E-state index is 13.6. The van der Waals surface area contributed by atoms with Gasteiger partial charge in [0.1, 0.15) is 5.82 Å². The zero-order valence-electron chi connectivity index (χ0n) is 10.6. The van der Waals surface area contributed by atoms with E-state index in [9.17, 15) is 4.39 Å². The highest BCUT2D eigenvalue weighted by Gasteiger charge is 2.05. The smallest absolute Gasteiger partial charge is 0.146 e. The minimum Gasteiger partial charge on any atom is -0.380 e. The number of hydrogen-bond donors (Lipinski definition) is 1. The molecule has 0 saturated carbocycles. The van der Waals surface area contributed by atoms with Crippen LogP contribution in [0.3, 0.4) is 0 Å². The van der Waals surface area contributed by atoms with Crippen molar-refractivity contribution >= 4 is 17.3 Å². The maximum Gasteiger partial charge on any atom is 0.146 e. The molecule has 0 aliphatic heterocycles. The molecular formula is C15H15ClFNO. The molecule has 1 N–H and O–H groups in total. The number of halogens is 2. The van der Waals surface area contributed by atoms with E-state index >= 15 is 0 Å². The molecule has 0 aliphatic carbocycles. The lowest BCUT2D eigenvalue weighted by atomic mass is 10.1. The van der Waals surface area contributed by atoms with Crippen LogP contribution in [0.5, 0.6) is 0 Å². The van der Waals surface area contributed by atoms with Crippen LogP contribution in [0.4, 0.5) is 10.1 Å². The summed E-state index contributed by atoms with van der Waals surface area (Å²) < 4.78 is 18.7. The number of ether oxygens (including phenoxy) is 1. The SMILES string of the molecule is COCc1ccccc1CNc1cc(Cl)ccc1F. The van der Waals surface area contributed by atoms with Crippen molar-refractivity contribution in [2.24, 2.45) is 0 Å². The van der Waals surface area contributed by atoms with Crippen LogP contribution in [0.2, 0.25) is 5.02 Å². The van der Waals surface area contributed by atoms with Crippen LogP contribution in [0, 0.1) is 5.82 Å². The Balaban J connectivity index is 2.12. The first-order valence-corrected chi connectivity index (χ1v) is 6.33. The molecule has 19 heavy (non-hydrogen) atoms. The maximum absolute atomic E-state index is 13.6. The van der Waals surface area contributed by atoms with Gasteiger partial charge in [0.15, 0.2) is 0 Å². The minimum absolute atomic E-state index is 0.311. The molecule has 0 fully saturated rings. The first-order chi connectivity index (χ1) is 9.20. The van der Waals surface area contributed by atoms with Gasteiger partial charge in [-0.1, -0.05) is 35.9 Å². The van der Waals surface area contributed by atoms with E-state index in [1.807, 2.05) is 24.3 Å². The summed E-state index contributed by atoms with van der Waals surface area (Å²) in [6.45, 7) is 1.06. The van der Waals surface area contributed by atoms with Crippen molar-refractivity contribution in [1.29, 1.82) is 0 Å². The fourth-order valence-corrected chi connectivity index (χ4v) is 2.02. The van der Waals surface area contributed by atoms with Crippen LogP contribution in [-0.4, -0.2) is 7.11 Å². The average Bonchev–Trinajstić information content (AvgIpc) is 2.42. The van der Waals surface area contributed by atoms with Crippen molar-refractivity contribution in [3.8, 4) is 0 Å². The van der Waals surface area contributed by atoms with Crippen molar-refractivity contribution in [3.05, 3.63) is 64.4 Å². The van der Waals surface area contributed by atoms with Gasteiger partial charge in [-0.15, -0.1) is 0 Å². The lowest BCUT2D eigenvalue weighted by molar-refractivity contribution is 0.184. The van der Waals surface area contributed by atoms with E-state index in [1.165, 1.54) is 12.1 Å². The van der Waals surface area contributed by atoms with Crippen molar-refractivity contribution in [1.82, 2.24) is 0 Å². The summed E-state index contributed by atoms with van der Waals surface area (Å²) in [5.41, 5.74) is 2.56. The monoisotopic (exact) mass is 279 g/mol. The van der Waals surface area contributed by atoms with Crippen LogP contribution in [-0.2, 0) is 17.9 Å². The van der Waals surface area contributed by atoms with Gasteiger partial charge in [-0.05, 0) is 29.3 Å². The highest BCUT2D eigenvalue weighted by molar-refractivity contribution is 6.30. The quantitative estimate of drug-likeness (QED) is 0.884. The molecular weight excluding hydrogens is 265 g/mol. The Morgan fingerprint density at radius 2 is 1.89 bits per heavy atom. The molecule has 0 amide bonds. The van der Waals surface area contributed by atoms with Crippen LogP contribution >= 0.6 is 11.6 Å². The van der Waals surface area contributed by atoms with Crippen molar-refractivity contribution in [2.45, 2.75) is 13.2 Å². The molecule has 0 bridgehead atoms. The minimum atomic E-state index is -0.311. The first-order valence-electron chi connectivity index (χ1n) is 5.95. The molecule has 0 radical (unpaired) electrons. The fraction of sp³-hybridized carbons (Fsp3) is 0.200. The van der Waals surface area contributed by atoms with Gasteiger partial charge in [-0.2, -0.15) is 0 Å². The molecule has 0 aliphatic rings. The Labute approximate surface area is 117 Å². The summed E-state index contributed by atoms with van der Waals surface area (Å²) >= 11 is 5.85. The van der Waals surface area contributed by atoms with Gasteiger partial charge >= 0.3 is 0 Å². The summed E-state index contributed by atoms with van der Waals surface area (Å²) in [6.07, 6.45) is 0. The molecule has 0 saturated heterocycles. The highest BCUT2D eigenvalue weighted by atomic mass is 35.5. The summed E-state index contributed by atoms with van der Waals surface area (Å²) in [5.74, 6) is -0.311. The van der Waals surface area contributed by atoms with E-state index in [0.29, 0.717) is 23.9 Å². The van der Waals surface area contributed by atoms with Gasteiger partial charge in [0.05, 0.1) is 12.3 Å². The Morgan fingerprint density at radius 1 is 1.16 bits per heavy atom. The lowest BCUT2D eigenvalue weighted by Gasteiger charge is -2.11. The normalized spacial score (nSPS) is 10.5. The number of nitrogens with one attached hydrogen (secondary N) is 1. The predicted octanol–water partition coefficient (Wildman–Crippen LogP) is 4.24. The molecule has 2 aromatic rings. The van der Waals surface area contributed by atoms with Gasteiger partial charge < -0.3 is 10.1 Å². The van der Waals surface area contributed by atoms with E-state index in [4.69, 9.17) is 16.3 Å². The molecule has 0 spiro atoms. The van der Waals surface area contributed by atoms with Gasteiger partial charge in [-0.25, -0.2) is 4.39 Å². The van der Waals surface area contributed by atoms with Crippen LogP contribution in [0.1, 0.15) is 11.1 Å². The molecule has 0 heterocycles. The molecule has 0 atom stereocenters. The third-order valence-corrected chi connectivity index (χ3v) is 3.05. The van der Waals surface area contributed by atoms with Crippen molar-refractivity contribution < 1.29 is 9.13 Å². The summed E-state index contributed by atoms with van der Waals surface area (Å²) in [5, 5.41) is 3.56. The Morgan fingerprint density at radius 3 is 2.63 bits per heavy atom. The highest BCUT2D eigenvalue weighted by Crippen LogP contribution is 2.21. The number of anilines is 1. The molecule has 2 rings (SSSR count). The molecule has 0 aromatic heterocycles. The van der Waals surface area contributed by atoms with Gasteiger partial charge in [0, 0.05) is 18.7 Å². The molecule has 2 aromatic carbocycles. The second-order valence-electron chi connectivity index (χ2n) is 4.18. The lowest BCUT2D eigenvalue weighted by Crippen LogP contribution is -2.05. The molecule has 0 unspecified atom stereocenters. The third kappa shape index (κ3) is 3.69. The van der Waals surface area contributed by atoms with Gasteiger partial charge in [0.25, 0.3) is 0 Å². The van der Waals surface area contributed by atoms with E-state index in [2.05, 4.69) is 5.32 Å². The average molecular weight is 280 g/mol. The van der Waals surface area contributed by atoms with E-state index in [0.717, 1.165) is 11.1 Å².